The molecular weight excluding hydrogens is 300 g/mol. The predicted molar refractivity (Wildman–Crippen MR) is 91.4 cm³/mol. The number of hydrogen-bond acceptors (Lipinski definition) is 4. The monoisotopic (exact) mass is 314 g/mol. The first-order valence-corrected chi connectivity index (χ1v) is 7.40. The quantitative estimate of drug-likeness (QED) is 0.593. The van der Waals surface area contributed by atoms with Gasteiger partial charge in [-0.3, -0.25) is 14.8 Å². The van der Waals surface area contributed by atoms with Crippen LogP contribution in [0.1, 0.15) is 11.1 Å². The smallest absolute Gasteiger partial charge is 0.262 e. The summed E-state index contributed by atoms with van der Waals surface area (Å²) in [7, 11) is 0. The van der Waals surface area contributed by atoms with E-state index in [4.69, 9.17) is 0 Å². The predicted octanol–water partition coefficient (Wildman–Crippen LogP) is 2.85. The molecule has 5 heteroatoms. The van der Waals surface area contributed by atoms with Crippen molar-refractivity contribution in [1.82, 2.24) is 15.3 Å². The Labute approximate surface area is 139 Å². The van der Waals surface area contributed by atoms with Crippen LogP contribution in [0.15, 0.2) is 66.6 Å². The largest absolute Gasteiger partial charge is 0.347 e. The molecular formula is C19H14N4O. The minimum atomic E-state index is -0.415. The maximum absolute atomic E-state index is 12.3. The molecule has 0 aliphatic carbocycles. The number of fused-ring (bicyclic) bond motifs is 1. The van der Waals surface area contributed by atoms with E-state index in [2.05, 4.69) is 15.3 Å². The number of carbonyl (C=O) groups is 1. The standard InChI is InChI=1S/C19H14N4O/c20-11-16(19(24)23-13-14-4-3-8-21-12-14)10-15-7-9-22-18-6-2-1-5-17(15)18/h1-10,12H,13H2,(H,23,24). The number of pyridine rings is 2. The molecule has 0 unspecified atom stereocenters. The van der Waals surface area contributed by atoms with Crippen molar-refractivity contribution in [3.63, 3.8) is 0 Å². The summed E-state index contributed by atoms with van der Waals surface area (Å²) in [6.45, 7) is 0.322. The molecule has 0 spiro atoms. The highest BCUT2D eigenvalue weighted by atomic mass is 16.1. The Morgan fingerprint density at radius 1 is 1.17 bits per heavy atom. The lowest BCUT2D eigenvalue weighted by molar-refractivity contribution is -0.117. The lowest BCUT2D eigenvalue weighted by Gasteiger charge is -2.05. The average molecular weight is 314 g/mol. The molecule has 0 radical (unpaired) electrons. The summed E-state index contributed by atoms with van der Waals surface area (Å²) in [5.41, 5.74) is 2.53. The number of carbonyl (C=O) groups excluding carboxylic acids is 1. The van der Waals surface area contributed by atoms with Crippen molar-refractivity contribution >= 4 is 22.9 Å². The summed E-state index contributed by atoms with van der Waals surface area (Å²) in [5, 5.41) is 12.9. The summed E-state index contributed by atoms with van der Waals surface area (Å²) in [6, 6.07) is 15.0. The Hall–Kier alpha value is -3.52. The zero-order chi connectivity index (χ0) is 16.8. The van der Waals surface area contributed by atoms with Crippen LogP contribution in [-0.2, 0) is 11.3 Å². The lowest BCUT2D eigenvalue weighted by atomic mass is 10.1. The third-order valence-electron chi connectivity index (χ3n) is 3.52. The summed E-state index contributed by atoms with van der Waals surface area (Å²) in [5.74, 6) is -0.415. The van der Waals surface area contributed by atoms with E-state index in [9.17, 15) is 10.1 Å². The Kier molecular flexibility index (Phi) is 4.59. The van der Waals surface area contributed by atoms with Crippen molar-refractivity contribution in [2.24, 2.45) is 0 Å². The summed E-state index contributed by atoms with van der Waals surface area (Å²) < 4.78 is 0. The van der Waals surface area contributed by atoms with Crippen LogP contribution in [0.5, 0.6) is 0 Å². The molecule has 1 amide bonds. The molecule has 1 aromatic carbocycles. The third kappa shape index (κ3) is 3.45. The molecule has 0 bridgehead atoms. The highest BCUT2D eigenvalue weighted by Crippen LogP contribution is 2.18. The fraction of sp³-hybridized carbons (Fsp3) is 0.0526. The van der Waals surface area contributed by atoms with Gasteiger partial charge in [0.15, 0.2) is 0 Å². The first-order chi connectivity index (χ1) is 11.8. The van der Waals surface area contributed by atoms with E-state index >= 15 is 0 Å². The third-order valence-corrected chi connectivity index (χ3v) is 3.52. The van der Waals surface area contributed by atoms with E-state index in [1.54, 1.807) is 36.8 Å². The number of aromatic nitrogens is 2. The minimum absolute atomic E-state index is 0.0512. The van der Waals surface area contributed by atoms with Crippen LogP contribution in [0, 0.1) is 11.3 Å². The SMILES string of the molecule is N#CC(=Cc1ccnc2ccccc12)C(=O)NCc1cccnc1. The van der Waals surface area contributed by atoms with Gasteiger partial charge in [-0.1, -0.05) is 24.3 Å². The van der Waals surface area contributed by atoms with E-state index in [-0.39, 0.29) is 5.57 Å². The molecule has 0 saturated heterocycles. The van der Waals surface area contributed by atoms with E-state index in [0.717, 1.165) is 22.0 Å². The molecule has 0 aliphatic rings. The average Bonchev–Trinajstić information content (AvgIpc) is 2.65. The Morgan fingerprint density at radius 3 is 2.83 bits per heavy atom. The summed E-state index contributed by atoms with van der Waals surface area (Å²) >= 11 is 0. The Morgan fingerprint density at radius 2 is 2.04 bits per heavy atom. The highest BCUT2D eigenvalue weighted by molar-refractivity contribution is 6.03. The molecule has 0 fully saturated rings. The van der Waals surface area contributed by atoms with E-state index < -0.39 is 5.91 Å². The fourth-order valence-electron chi connectivity index (χ4n) is 2.33. The molecule has 2 aromatic heterocycles. The first-order valence-electron chi connectivity index (χ1n) is 7.40. The number of para-hydroxylation sites is 1. The Balaban J connectivity index is 1.83. The van der Waals surface area contributed by atoms with Gasteiger partial charge in [-0.15, -0.1) is 0 Å². The zero-order valence-corrected chi connectivity index (χ0v) is 12.8. The van der Waals surface area contributed by atoms with Crippen LogP contribution in [-0.4, -0.2) is 15.9 Å². The van der Waals surface area contributed by atoms with Gasteiger partial charge in [0, 0.05) is 30.5 Å². The molecule has 3 rings (SSSR count). The normalized spacial score (nSPS) is 11.0. The molecule has 0 saturated carbocycles. The van der Waals surface area contributed by atoms with Gasteiger partial charge in [-0.05, 0) is 35.4 Å². The second kappa shape index (κ2) is 7.16. The van der Waals surface area contributed by atoms with Crippen LogP contribution in [0.2, 0.25) is 0 Å². The molecule has 3 aromatic rings. The van der Waals surface area contributed by atoms with Crippen LogP contribution in [0.4, 0.5) is 0 Å². The van der Waals surface area contributed by atoms with Gasteiger partial charge in [0.1, 0.15) is 11.6 Å². The highest BCUT2D eigenvalue weighted by Gasteiger charge is 2.10. The van der Waals surface area contributed by atoms with Crippen molar-refractivity contribution in [3.05, 3.63) is 77.8 Å². The van der Waals surface area contributed by atoms with E-state index in [0.29, 0.717) is 6.54 Å². The lowest BCUT2D eigenvalue weighted by Crippen LogP contribution is -2.24. The van der Waals surface area contributed by atoms with Gasteiger partial charge in [-0.25, -0.2) is 0 Å². The molecule has 0 atom stereocenters. The van der Waals surface area contributed by atoms with Gasteiger partial charge in [0.25, 0.3) is 5.91 Å². The maximum atomic E-state index is 12.3. The molecule has 116 valence electrons. The maximum Gasteiger partial charge on any atom is 0.262 e. The molecule has 24 heavy (non-hydrogen) atoms. The number of amides is 1. The van der Waals surface area contributed by atoms with Gasteiger partial charge < -0.3 is 5.32 Å². The number of hydrogen-bond donors (Lipinski definition) is 1. The second-order valence-electron chi connectivity index (χ2n) is 5.13. The van der Waals surface area contributed by atoms with Gasteiger partial charge >= 0.3 is 0 Å². The van der Waals surface area contributed by atoms with Gasteiger partial charge in [0.05, 0.1) is 5.52 Å². The minimum Gasteiger partial charge on any atom is -0.347 e. The van der Waals surface area contributed by atoms with Crippen LogP contribution in [0.3, 0.4) is 0 Å². The Bertz CT molecular complexity index is 937. The van der Waals surface area contributed by atoms with Crippen LogP contribution >= 0.6 is 0 Å². The fourth-order valence-corrected chi connectivity index (χ4v) is 2.33. The molecule has 2 heterocycles. The first kappa shape index (κ1) is 15.4. The van der Waals surface area contributed by atoms with Crippen LogP contribution in [0.25, 0.3) is 17.0 Å². The summed E-state index contributed by atoms with van der Waals surface area (Å²) in [6.07, 6.45) is 6.59. The number of nitrogens with one attached hydrogen (secondary N) is 1. The van der Waals surface area contributed by atoms with Crippen molar-refractivity contribution in [2.75, 3.05) is 0 Å². The van der Waals surface area contributed by atoms with E-state index in [1.807, 2.05) is 36.4 Å². The second-order valence-corrected chi connectivity index (χ2v) is 5.13. The van der Waals surface area contributed by atoms with Crippen molar-refractivity contribution < 1.29 is 4.79 Å². The summed E-state index contributed by atoms with van der Waals surface area (Å²) in [4.78, 5) is 20.5. The van der Waals surface area contributed by atoms with Crippen molar-refractivity contribution in [1.29, 1.82) is 5.26 Å². The number of nitrogens with zero attached hydrogens (tertiary/aromatic N) is 3. The number of rotatable bonds is 4. The van der Waals surface area contributed by atoms with Gasteiger partial charge in [-0.2, -0.15) is 5.26 Å². The zero-order valence-electron chi connectivity index (χ0n) is 12.8. The topological polar surface area (TPSA) is 78.7 Å². The van der Waals surface area contributed by atoms with E-state index in [1.165, 1.54) is 0 Å². The van der Waals surface area contributed by atoms with Crippen molar-refractivity contribution in [3.8, 4) is 6.07 Å². The molecule has 5 nitrogen and oxygen atoms in total. The number of nitriles is 1. The van der Waals surface area contributed by atoms with Gasteiger partial charge in [0.2, 0.25) is 0 Å². The number of benzene rings is 1. The van der Waals surface area contributed by atoms with Crippen LogP contribution < -0.4 is 5.32 Å². The van der Waals surface area contributed by atoms with Crippen molar-refractivity contribution in [2.45, 2.75) is 6.54 Å². The molecule has 0 aliphatic heterocycles. The molecule has 1 N–H and O–H groups in total.